The van der Waals surface area contributed by atoms with E-state index < -0.39 is 0 Å². The van der Waals surface area contributed by atoms with Crippen LogP contribution in [0.4, 0.5) is 0 Å². The number of nitrogens with zero attached hydrogens (tertiary/aromatic N) is 2. The molecule has 0 bridgehead atoms. The van der Waals surface area contributed by atoms with E-state index in [0.29, 0.717) is 0 Å². The van der Waals surface area contributed by atoms with Crippen LogP contribution in [0.2, 0.25) is 0 Å². The normalized spacial score (nSPS) is 18.3. The SMILES string of the molecule is c1ccc(CC2(Cn3ccnc3)SCCCS2)cc1. The van der Waals surface area contributed by atoms with Crippen molar-refractivity contribution in [3.05, 3.63) is 54.6 Å². The van der Waals surface area contributed by atoms with Crippen LogP contribution in [0.3, 0.4) is 0 Å². The lowest BCUT2D eigenvalue weighted by Gasteiger charge is -2.36. The van der Waals surface area contributed by atoms with E-state index in [-0.39, 0.29) is 4.08 Å². The molecule has 0 unspecified atom stereocenters. The average molecular weight is 290 g/mol. The highest BCUT2D eigenvalue weighted by Crippen LogP contribution is 2.45. The molecule has 0 amide bonds. The Balaban J connectivity index is 1.80. The standard InChI is InChI=1S/C15H18N2S2/c1-2-5-14(6-3-1)11-15(18-9-4-10-19-15)12-17-8-7-16-13-17/h1-3,5-8,13H,4,9-12H2. The third-order valence-electron chi connectivity index (χ3n) is 3.32. The van der Waals surface area contributed by atoms with Gasteiger partial charge in [-0.15, -0.1) is 23.5 Å². The molecule has 2 aromatic rings. The Morgan fingerprint density at radius 3 is 2.63 bits per heavy atom. The van der Waals surface area contributed by atoms with Crippen LogP contribution in [-0.2, 0) is 13.0 Å². The van der Waals surface area contributed by atoms with Crippen LogP contribution in [0.25, 0.3) is 0 Å². The Labute approximate surface area is 123 Å². The zero-order chi connectivity index (χ0) is 13.0. The minimum atomic E-state index is 0.264. The fourth-order valence-corrected chi connectivity index (χ4v) is 5.79. The van der Waals surface area contributed by atoms with Crippen LogP contribution in [0.1, 0.15) is 12.0 Å². The van der Waals surface area contributed by atoms with E-state index in [9.17, 15) is 0 Å². The Bertz CT molecular complexity index is 490. The molecule has 4 heteroatoms. The van der Waals surface area contributed by atoms with Gasteiger partial charge in [0.15, 0.2) is 0 Å². The maximum absolute atomic E-state index is 4.17. The third kappa shape index (κ3) is 3.37. The first-order valence-electron chi connectivity index (χ1n) is 6.64. The molecule has 2 heterocycles. The van der Waals surface area contributed by atoms with Gasteiger partial charge in [-0.25, -0.2) is 4.98 Å². The molecule has 19 heavy (non-hydrogen) atoms. The first kappa shape index (κ1) is 13.1. The Morgan fingerprint density at radius 2 is 1.95 bits per heavy atom. The second-order valence-corrected chi connectivity index (χ2v) is 8.07. The lowest BCUT2D eigenvalue weighted by atomic mass is 10.1. The van der Waals surface area contributed by atoms with Crippen molar-refractivity contribution in [2.24, 2.45) is 0 Å². The van der Waals surface area contributed by atoms with Gasteiger partial charge in [-0.3, -0.25) is 0 Å². The third-order valence-corrected chi connectivity index (χ3v) is 6.61. The number of hydrogen-bond acceptors (Lipinski definition) is 3. The number of imidazole rings is 1. The lowest BCUT2D eigenvalue weighted by molar-refractivity contribution is 0.618. The number of benzene rings is 1. The summed E-state index contributed by atoms with van der Waals surface area (Å²) in [7, 11) is 0. The molecule has 100 valence electrons. The highest BCUT2D eigenvalue weighted by molar-refractivity contribution is 8.18. The van der Waals surface area contributed by atoms with Gasteiger partial charge in [0.25, 0.3) is 0 Å². The van der Waals surface area contributed by atoms with Crippen LogP contribution in [0.5, 0.6) is 0 Å². The van der Waals surface area contributed by atoms with Crippen molar-refractivity contribution in [2.75, 3.05) is 11.5 Å². The van der Waals surface area contributed by atoms with Crippen molar-refractivity contribution >= 4 is 23.5 Å². The monoisotopic (exact) mass is 290 g/mol. The Kier molecular flexibility index (Phi) is 4.18. The maximum atomic E-state index is 4.17. The number of aromatic nitrogens is 2. The first-order valence-corrected chi connectivity index (χ1v) is 8.61. The second-order valence-electron chi connectivity index (χ2n) is 4.86. The van der Waals surface area contributed by atoms with Crippen molar-refractivity contribution in [2.45, 2.75) is 23.5 Å². The van der Waals surface area contributed by atoms with Crippen LogP contribution in [0, 0.1) is 0 Å². The molecule has 1 aliphatic rings. The van der Waals surface area contributed by atoms with Gasteiger partial charge in [-0.1, -0.05) is 30.3 Å². The Morgan fingerprint density at radius 1 is 1.16 bits per heavy atom. The average Bonchev–Trinajstić information content (AvgIpc) is 2.93. The van der Waals surface area contributed by atoms with Gasteiger partial charge in [0.05, 0.1) is 10.4 Å². The van der Waals surface area contributed by atoms with Gasteiger partial charge >= 0.3 is 0 Å². The quantitative estimate of drug-likeness (QED) is 0.855. The maximum Gasteiger partial charge on any atom is 0.0946 e. The van der Waals surface area contributed by atoms with Crippen LogP contribution >= 0.6 is 23.5 Å². The van der Waals surface area contributed by atoms with E-state index in [4.69, 9.17) is 0 Å². The summed E-state index contributed by atoms with van der Waals surface area (Å²) in [5.41, 5.74) is 1.43. The molecule has 0 aliphatic carbocycles. The molecular weight excluding hydrogens is 272 g/mol. The summed E-state index contributed by atoms with van der Waals surface area (Å²) in [6, 6.07) is 10.8. The summed E-state index contributed by atoms with van der Waals surface area (Å²) in [6.07, 6.45) is 8.33. The van der Waals surface area contributed by atoms with E-state index in [2.05, 4.69) is 69.6 Å². The van der Waals surface area contributed by atoms with Crippen molar-refractivity contribution in [1.82, 2.24) is 9.55 Å². The second kappa shape index (κ2) is 6.06. The fourth-order valence-electron chi connectivity index (χ4n) is 2.43. The number of rotatable bonds is 4. The summed E-state index contributed by atoms with van der Waals surface area (Å²) >= 11 is 4.24. The minimum absolute atomic E-state index is 0.264. The largest absolute Gasteiger partial charge is 0.335 e. The smallest absolute Gasteiger partial charge is 0.0946 e. The Hall–Kier alpha value is -0.870. The zero-order valence-corrected chi connectivity index (χ0v) is 12.5. The molecule has 0 N–H and O–H groups in total. The van der Waals surface area contributed by atoms with Crippen LogP contribution in [-0.4, -0.2) is 25.1 Å². The van der Waals surface area contributed by atoms with Crippen molar-refractivity contribution in [3.63, 3.8) is 0 Å². The molecule has 0 saturated carbocycles. The molecule has 0 radical (unpaired) electrons. The van der Waals surface area contributed by atoms with E-state index >= 15 is 0 Å². The highest BCUT2D eigenvalue weighted by atomic mass is 32.2. The fraction of sp³-hybridized carbons (Fsp3) is 0.400. The summed E-state index contributed by atoms with van der Waals surface area (Å²) in [5, 5.41) is 0. The molecule has 1 fully saturated rings. The van der Waals surface area contributed by atoms with Crippen molar-refractivity contribution in [1.29, 1.82) is 0 Å². The van der Waals surface area contributed by atoms with Crippen molar-refractivity contribution < 1.29 is 0 Å². The van der Waals surface area contributed by atoms with Gasteiger partial charge in [0.2, 0.25) is 0 Å². The molecule has 3 rings (SSSR count). The molecule has 2 nitrogen and oxygen atoms in total. The lowest BCUT2D eigenvalue weighted by Crippen LogP contribution is -2.32. The highest BCUT2D eigenvalue weighted by Gasteiger charge is 2.34. The van der Waals surface area contributed by atoms with Gasteiger partial charge in [0.1, 0.15) is 0 Å². The number of hydrogen-bond donors (Lipinski definition) is 0. The molecule has 0 spiro atoms. The van der Waals surface area contributed by atoms with Gasteiger partial charge in [-0.2, -0.15) is 0 Å². The summed E-state index contributed by atoms with van der Waals surface area (Å²) < 4.78 is 2.48. The molecule has 1 aromatic heterocycles. The number of thioether (sulfide) groups is 2. The zero-order valence-electron chi connectivity index (χ0n) is 10.9. The summed E-state index contributed by atoms with van der Waals surface area (Å²) in [5.74, 6) is 2.54. The predicted octanol–water partition coefficient (Wildman–Crippen LogP) is 3.69. The molecule has 1 aromatic carbocycles. The van der Waals surface area contributed by atoms with E-state index in [1.165, 1.54) is 23.5 Å². The first-order chi connectivity index (χ1) is 9.36. The van der Waals surface area contributed by atoms with E-state index in [0.717, 1.165) is 13.0 Å². The van der Waals surface area contributed by atoms with Gasteiger partial charge in [-0.05, 0) is 29.9 Å². The van der Waals surface area contributed by atoms with Gasteiger partial charge in [0, 0.05) is 18.9 Å². The van der Waals surface area contributed by atoms with Gasteiger partial charge < -0.3 is 4.57 Å². The van der Waals surface area contributed by atoms with Crippen molar-refractivity contribution in [3.8, 4) is 0 Å². The molecule has 1 saturated heterocycles. The molecular formula is C15H18N2S2. The predicted molar refractivity (Wildman–Crippen MR) is 84.6 cm³/mol. The van der Waals surface area contributed by atoms with Crippen LogP contribution in [0.15, 0.2) is 49.1 Å². The topological polar surface area (TPSA) is 17.8 Å². The summed E-state index contributed by atoms with van der Waals surface area (Å²) in [6.45, 7) is 1.04. The van der Waals surface area contributed by atoms with E-state index in [1.807, 2.05) is 12.5 Å². The van der Waals surface area contributed by atoms with Crippen LogP contribution < -0.4 is 0 Å². The minimum Gasteiger partial charge on any atom is -0.335 e. The van der Waals surface area contributed by atoms with E-state index in [1.54, 1.807) is 0 Å². The molecule has 0 atom stereocenters. The summed E-state index contributed by atoms with van der Waals surface area (Å²) in [4.78, 5) is 4.17. The molecule has 1 aliphatic heterocycles.